The highest BCUT2D eigenvalue weighted by Crippen LogP contribution is 2.16. The van der Waals surface area contributed by atoms with Gasteiger partial charge in [-0.15, -0.1) is 0 Å². The standard InChI is InChI=1S/C61H108O6/c1-4-7-10-13-16-19-22-25-28-29-30-31-34-37-40-43-46-49-52-55-61(64)67-58(56-65-59(62)53-50-47-44-41-38-35-32-26-23-20-17-14-11-8-5-2)57-66-60(63)54-51-48-45-42-39-36-33-27-24-21-18-15-12-9-6-3/h7,10,16,19,25,28,30-31,37,40,58H,4-6,8-9,11-15,17-18,20-24,26-27,29,32-36,38-39,41-57H2,1-3H3/b10-7-,19-16-,28-25-,31-30-,40-37-. The summed E-state index contributed by atoms with van der Waals surface area (Å²) >= 11 is 0. The van der Waals surface area contributed by atoms with Gasteiger partial charge in [0.05, 0.1) is 0 Å². The van der Waals surface area contributed by atoms with Crippen LogP contribution in [0.2, 0.25) is 0 Å². The quantitative estimate of drug-likeness (QED) is 0.0262. The minimum absolute atomic E-state index is 0.0837. The molecule has 0 aliphatic rings. The molecule has 388 valence electrons. The fourth-order valence-electron chi connectivity index (χ4n) is 8.24. The van der Waals surface area contributed by atoms with E-state index >= 15 is 0 Å². The van der Waals surface area contributed by atoms with Crippen molar-refractivity contribution in [3.05, 3.63) is 60.8 Å². The number of hydrogen-bond donors (Lipinski definition) is 0. The average molecular weight is 938 g/mol. The van der Waals surface area contributed by atoms with Gasteiger partial charge >= 0.3 is 17.9 Å². The molecule has 6 nitrogen and oxygen atoms in total. The van der Waals surface area contributed by atoms with Gasteiger partial charge in [0.2, 0.25) is 0 Å². The number of esters is 3. The fraction of sp³-hybridized carbons (Fsp3) is 0.787. The molecule has 0 aliphatic carbocycles. The van der Waals surface area contributed by atoms with Crippen LogP contribution in [0.1, 0.15) is 290 Å². The second-order valence-electron chi connectivity index (χ2n) is 19.2. The molecule has 0 aromatic carbocycles. The van der Waals surface area contributed by atoms with E-state index in [2.05, 4.69) is 81.5 Å². The van der Waals surface area contributed by atoms with E-state index in [1.165, 1.54) is 154 Å². The van der Waals surface area contributed by atoms with Crippen LogP contribution < -0.4 is 0 Å². The zero-order valence-corrected chi connectivity index (χ0v) is 44.4. The molecule has 6 heteroatoms. The van der Waals surface area contributed by atoms with Crippen LogP contribution in [-0.2, 0) is 28.6 Å². The predicted octanol–water partition coefficient (Wildman–Crippen LogP) is 19.2. The molecule has 0 radical (unpaired) electrons. The maximum atomic E-state index is 12.8. The highest BCUT2D eigenvalue weighted by Gasteiger charge is 2.19. The van der Waals surface area contributed by atoms with Gasteiger partial charge in [-0.25, -0.2) is 0 Å². The Balaban J connectivity index is 4.42. The van der Waals surface area contributed by atoms with E-state index in [1.54, 1.807) is 0 Å². The van der Waals surface area contributed by atoms with E-state index in [0.717, 1.165) is 96.3 Å². The molecular formula is C61H108O6. The van der Waals surface area contributed by atoms with Gasteiger partial charge in [-0.05, 0) is 64.2 Å². The van der Waals surface area contributed by atoms with Crippen LogP contribution in [0.5, 0.6) is 0 Å². The molecular weight excluding hydrogens is 829 g/mol. The second-order valence-corrected chi connectivity index (χ2v) is 19.2. The molecule has 0 amide bonds. The number of unbranched alkanes of at least 4 members (excludes halogenated alkanes) is 31. The Bertz CT molecular complexity index is 1160. The Morgan fingerprint density at radius 1 is 0.313 bits per heavy atom. The first-order chi connectivity index (χ1) is 33.0. The largest absolute Gasteiger partial charge is 0.462 e. The fourth-order valence-corrected chi connectivity index (χ4v) is 8.24. The van der Waals surface area contributed by atoms with Crippen molar-refractivity contribution in [1.82, 2.24) is 0 Å². The first kappa shape index (κ1) is 64.1. The lowest BCUT2D eigenvalue weighted by Crippen LogP contribution is -2.30. The van der Waals surface area contributed by atoms with Crippen LogP contribution in [0, 0.1) is 0 Å². The SMILES string of the molecule is CC/C=C\C/C=C\C/C=C\C/C=C\C/C=C\CCCCCC(=O)OC(COC(=O)CCCCCCCCCCCCCCCCC)COC(=O)CCCCCCCCCCCCCCCCC. The molecule has 0 fully saturated rings. The summed E-state index contributed by atoms with van der Waals surface area (Å²) < 4.78 is 16.9. The van der Waals surface area contributed by atoms with E-state index in [-0.39, 0.29) is 31.1 Å². The van der Waals surface area contributed by atoms with Crippen LogP contribution in [0.4, 0.5) is 0 Å². The average Bonchev–Trinajstić information content (AvgIpc) is 3.33. The van der Waals surface area contributed by atoms with Crippen LogP contribution in [0.3, 0.4) is 0 Å². The topological polar surface area (TPSA) is 78.9 Å². The third kappa shape index (κ3) is 53.9. The summed E-state index contributed by atoms with van der Waals surface area (Å²) in [5, 5.41) is 0. The number of carbonyl (C=O) groups excluding carboxylic acids is 3. The van der Waals surface area contributed by atoms with Gasteiger partial charge in [-0.2, -0.15) is 0 Å². The van der Waals surface area contributed by atoms with Crippen molar-refractivity contribution in [2.75, 3.05) is 13.2 Å². The Morgan fingerprint density at radius 3 is 0.910 bits per heavy atom. The lowest BCUT2D eigenvalue weighted by molar-refractivity contribution is -0.167. The van der Waals surface area contributed by atoms with E-state index < -0.39 is 6.10 Å². The molecule has 0 heterocycles. The molecule has 0 saturated carbocycles. The first-order valence-electron chi connectivity index (χ1n) is 28.8. The van der Waals surface area contributed by atoms with Gasteiger partial charge in [-0.1, -0.05) is 268 Å². The summed E-state index contributed by atoms with van der Waals surface area (Å²) in [6, 6.07) is 0. The third-order valence-corrected chi connectivity index (χ3v) is 12.5. The molecule has 0 aliphatic heterocycles. The Morgan fingerprint density at radius 2 is 0.582 bits per heavy atom. The highest BCUT2D eigenvalue weighted by molar-refractivity contribution is 5.71. The van der Waals surface area contributed by atoms with Gasteiger partial charge in [-0.3, -0.25) is 14.4 Å². The molecule has 0 N–H and O–H groups in total. The summed E-state index contributed by atoms with van der Waals surface area (Å²) in [6.07, 6.45) is 69.2. The van der Waals surface area contributed by atoms with Crippen LogP contribution in [-0.4, -0.2) is 37.2 Å². The van der Waals surface area contributed by atoms with Gasteiger partial charge in [0.25, 0.3) is 0 Å². The lowest BCUT2D eigenvalue weighted by Gasteiger charge is -2.18. The monoisotopic (exact) mass is 937 g/mol. The molecule has 0 spiro atoms. The van der Waals surface area contributed by atoms with Crippen molar-refractivity contribution >= 4 is 17.9 Å². The van der Waals surface area contributed by atoms with E-state index in [1.807, 2.05) is 0 Å². The number of ether oxygens (including phenoxy) is 3. The van der Waals surface area contributed by atoms with Crippen molar-refractivity contribution in [2.24, 2.45) is 0 Å². The van der Waals surface area contributed by atoms with E-state index in [9.17, 15) is 14.4 Å². The normalized spacial score (nSPS) is 12.1. The van der Waals surface area contributed by atoms with Crippen molar-refractivity contribution < 1.29 is 28.6 Å². The van der Waals surface area contributed by atoms with Crippen molar-refractivity contribution in [3.63, 3.8) is 0 Å². The number of allylic oxidation sites excluding steroid dienone is 10. The van der Waals surface area contributed by atoms with Crippen LogP contribution in [0.25, 0.3) is 0 Å². The summed E-state index contributed by atoms with van der Waals surface area (Å²) in [7, 11) is 0. The molecule has 67 heavy (non-hydrogen) atoms. The zero-order valence-electron chi connectivity index (χ0n) is 44.4. The van der Waals surface area contributed by atoms with Crippen molar-refractivity contribution in [2.45, 2.75) is 297 Å². The van der Waals surface area contributed by atoms with Crippen LogP contribution >= 0.6 is 0 Å². The van der Waals surface area contributed by atoms with E-state index in [0.29, 0.717) is 19.3 Å². The van der Waals surface area contributed by atoms with Gasteiger partial charge in [0.15, 0.2) is 6.10 Å². The first-order valence-corrected chi connectivity index (χ1v) is 28.8. The maximum Gasteiger partial charge on any atom is 0.306 e. The van der Waals surface area contributed by atoms with Gasteiger partial charge < -0.3 is 14.2 Å². The molecule has 0 atom stereocenters. The second kappa shape index (κ2) is 55.7. The molecule has 0 aromatic rings. The van der Waals surface area contributed by atoms with Gasteiger partial charge in [0, 0.05) is 19.3 Å². The summed E-state index contributed by atoms with van der Waals surface area (Å²) in [5.41, 5.74) is 0. The van der Waals surface area contributed by atoms with Crippen LogP contribution in [0.15, 0.2) is 60.8 Å². The number of carbonyl (C=O) groups is 3. The smallest absolute Gasteiger partial charge is 0.306 e. The summed E-state index contributed by atoms with van der Waals surface area (Å²) in [6.45, 7) is 6.53. The minimum Gasteiger partial charge on any atom is -0.462 e. The van der Waals surface area contributed by atoms with Crippen molar-refractivity contribution in [1.29, 1.82) is 0 Å². The zero-order chi connectivity index (χ0) is 48.6. The number of hydrogen-bond acceptors (Lipinski definition) is 6. The number of rotatable bonds is 52. The lowest BCUT2D eigenvalue weighted by atomic mass is 10.0. The minimum atomic E-state index is -0.788. The van der Waals surface area contributed by atoms with Gasteiger partial charge in [0.1, 0.15) is 13.2 Å². The third-order valence-electron chi connectivity index (χ3n) is 12.5. The predicted molar refractivity (Wildman–Crippen MR) is 288 cm³/mol. The molecule has 0 saturated heterocycles. The molecule has 0 bridgehead atoms. The molecule has 0 unspecified atom stereocenters. The summed E-state index contributed by atoms with van der Waals surface area (Å²) in [5.74, 6) is -0.901. The Hall–Kier alpha value is -2.89. The summed E-state index contributed by atoms with van der Waals surface area (Å²) in [4.78, 5) is 38.1. The maximum absolute atomic E-state index is 12.8. The Kier molecular flexibility index (Phi) is 53.3. The molecule has 0 rings (SSSR count). The van der Waals surface area contributed by atoms with Crippen molar-refractivity contribution in [3.8, 4) is 0 Å². The highest BCUT2D eigenvalue weighted by atomic mass is 16.6. The molecule has 0 aromatic heterocycles. The Labute approximate surface area is 415 Å². The van der Waals surface area contributed by atoms with E-state index in [4.69, 9.17) is 14.2 Å².